The number of sulfonamides is 1. The second-order valence-electron chi connectivity index (χ2n) is 3.00. The lowest BCUT2D eigenvalue weighted by atomic mass is 10.2. The molecule has 1 rings (SSSR count). The molecule has 1 aromatic rings. The summed E-state index contributed by atoms with van der Waals surface area (Å²) >= 11 is 0. The van der Waals surface area contributed by atoms with Crippen LogP contribution in [0.25, 0.3) is 0 Å². The molecule has 0 bridgehead atoms. The van der Waals surface area contributed by atoms with Gasteiger partial charge in [-0.2, -0.15) is 13.2 Å². The number of alkyl halides is 3. The van der Waals surface area contributed by atoms with Gasteiger partial charge in [-0.05, 0) is 18.2 Å². The maximum absolute atomic E-state index is 12.3. The topological polar surface area (TPSA) is 72.2 Å². The molecule has 16 heavy (non-hydrogen) atoms. The Morgan fingerprint density at radius 3 is 2.25 bits per heavy atom. The van der Waals surface area contributed by atoms with Crippen LogP contribution in [0.1, 0.15) is 5.56 Å². The molecule has 0 aromatic heterocycles. The molecule has 0 aliphatic rings. The fraction of sp³-hybridized carbons (Fsp3) is 0.250. The predicted octanol–water partition coefficient (Wildman–Crippen LogP) is 1.39. The summed E-state index contributed by atoms with van der Waals surface area (Å²) in [5, 5.41) is 7.26. The Balaban J connectivity index is 3.46. The number of halogens is 3. The van der Waals surface area contributed by atoms with Gasteiger partial charge in [0.25, 0.3) is 0 Å². The van der Waals surface area contributed by atoms with Gasteiger partial charge in [0.05, 0.1) is 11.3 Å². The van der Waals surface area contributed by atoms with E-state index in [4.69, 9.17) is 5.14 Å². The van der Waals surface area contributed by atoms with E-state index >= 15 is 0 Å². The molecule has 8 heteroatoms. The van der Waals surface area contributed by atoms with Crippen molar-refractivity contribution in [1.29, 1.82) is 0 Å². The Labute approximate surface area is 90.3 Å². The molecule has 0 amide bonds. The highest BCUT2D eigenvalue weighted by atomic mass is 32.2. The van der Waals surface area contributed by atoms with Crippen molar-refractivity contribution in [2.75, 3.05) is 12.4 Å². The molecule has 0 aliphatic carbocycles. The fourth-order valence-electron chi connectivity index (χ4n) is 1.14. The summed E-state index contributed by atoms with van der Waals surface area (Å²) in [6, 6.07) is 2.30. The van der Waals surface area contributed by atoms with E-state index in [1.165, 1.54) is 7.05 Å². The Morgan fingerprint density at radius 2 is 1.88 bits per heavy atom. The number of rotatable bonds is 2. The van der Waals surface area contributed by atoms with E-state index in [0.29, 0.717) is 6.07 Å². The van der Waals surface area contributed by atoms with Gasteiger partial charge in [0.15, 0.2) is 0 Å². The number of nitrogens with one attached hydrogen (secondary N) is 1. The van der Waals surface area contributed by atoms with Crippen LogP contribution in [0.4, 0.5) is 18.9 Å². The molecule has 0 saturated carbocycles. The smallest absolute Gasteiger partial charge is 0.387 e. The van der Waals surface area contributed by atoms with E-state index in [1.807, 2.05) is 0 Å². The zero-order valence-corrected chi connectivity index (χ0v) is 8.98. The van der Waals surface area contributed by atoms with Crippen LogP contribution < -0.4 is 10.5 Å². The maximum Gasteiger partial charge on any atom is 0.416 e. The molecule has 0 saturated heterocycles. The van der Waals surface area contributed by atoms with Gasteiger partial charge < -0.3 is 5.32 Å². The number of nitrogens with two attached hydrogens (primary N) is 1. The van der Waals surface area contributed by atoms with Gasteiger partial charge >= 0.3 is 6.18 Å². The van der Waals surface area contributed by atoms with Crippen LogP contribution in [-0.2, 0) is 16.2 Å². The summed E-state index contributed by atoms with van der Waals surface area (Å²) in [6.45, 7) is 0. The van der Waals surface area contributed by atoms with Crippen LogP contribution in [0.3, 0.4) is 0 Å². The zero-order chi connectivity index (χ0) is 12.6. The largest absolute Gasteiger partial charge is 0.416 e. The molecule has 3 N–H and O–H groups in total. The molecule has 4 nitrogen and oxygen atoms in total. The van der Waals surface area contributed by atoms with E-state index in [1.54, 1.807) is 0 Å². The Morgan fingerprint density at radius 1 is 1.31 bits per heavy atom. The van der Waals surface area contributed by atoms with Gasteiger partial charge in [0.2, 0.25) is 10.0 Å². The Hall–Kier alpha value is -1.28. The van der Waals surface area contributed by atoms with Crippen LogP contribution >= 0.6 is 0 Å². The van der Waals surface area contributed by atoms with E-state index in [0.717, 1.165) is 12.1 Å². The molecule has 0 radical (unpaired) electrons. The molecule has 0 spiro atoms. The third-order valence-electron chi connectivity index (χ3n) is 1.88. The lowest BCUT2D eigenvalue weighted by molar-refractivity contribution is -0.137. The standard InChI is InChI=1S/C8H9F3N2O2S/c1-13-6-3-2-5(8(9,10)11)4-7(6)16(12,14)15/h2-4,13H,1H3,(H2,12,14,15). The van der Waals surface area contributed by atoms with Gasteiger partial charge in [0.1, 0.15) is 4.90 Å². The van der Waals surface area contributed by atoms with Gasteiger partial charge in [-0.15, -0.1) is 0 Å². The van der Waals surface area contributed by atoms with Crippen LogP contribution in [0.2, 0.25) is 0 Å². The average molecular weight is 254 g/mol. The van der Waals surface area contributed by atoms with Crippen molar-refractivity contribution in [2.45, 2.75) is 11.1 Å². The number of primary sulfonamides is 1. The van der Waals surface area contributed by atoms with Crippen molar-refractivity contribution in [2.24, 2.45) is 5.14 Å². The molecule has 0 aliphatic heterocycles. The summed E-state index contributed by atoms with van der Waals surface area (Å²) < 4.78 is 59.1. The lowest BCUT2D eigenvalue weighted by Crippen LogP contribution is -2.16. The number of hydrogen-bond acceptors (Lipinski definition) is 3. The second-order valence-corrected chi connectivity index (χ2v) is 4.53. The van der Waals surface area contributed by atoms with E-state index < -0.39 is 26.7 Å². The molecule has 90 valence electrons. The molecule has 1 aromatic carbocycles. The van der Waals surface area contributed by atoms with Crippen LogP contribution in [0.15, 0.2) is 23.1 Å². The first-order valence-electron chi connectivity index (χ1n) is 4.08. The SMILES string of the molecule is CNc1ccc(C(F)(F)F)cc1S(N)(=O)=O. The third-order valence-corrected chi connectivity index (χ3v) is 2.84. The molecule has 0 unspecified atom stereocenters. The van der Waals surface area contributed by atoms with Gasteiger partial charge in [0, 0.05) is 7.05 Å². The minimum absolute atomic E-state index is 0.0236. The van der Waals surface area contributed by atoms with Gasteiger partial charge in [-0.3, -0.25) is 0 Å². The van der Waals surface area contributed by atoms with E-state index in [2.05, 4.69) is 5.32 Å². The van der Waals surface area contributed by atoms with Gasteiger partial charge in [-0.25, -0.2) is 13.6 Å². The van der Waals surface area contributed by atoms with Crippen molar-refractivity contribution in [3.63, 3.8) is 0 Å². The van der Waals surface area contributed by atoms with Crippen LogP contribution in [0, 0.1) is 0 Å². The maximum atomic E-state index is 12.3. The van der Waals surface area contributed by atoms with Crippen LogP contribution in [0.5, 0.6) is 0 Å². The van der Waals surface area contributed by atoms with Crippen molar-refractivity contribution >= 4 is 15.7 Å². The van der Waals surface area contributed by atoms with Crippen molar-refractivity contribution in [3.8, 4) is 0 Å². The molecular weight excluding hydrogens is 245 g/mol. The highest BCUT2D eigenvalue weighted by Crippen LogP contribution is 2.32. The van der Waals surface area contributed by atoms with Crippen molar-refractivity contribution in [1.82, 2.24) is 0 Å². The molecule has 0 heterocycles. The normalized spacial score (nSPS) is 12.6. The molecule has 0 fully saturated rings. The van der Waals surface area contributed by atoms with Crippen LogP contribution in [-0.4, -0.2) is 15.5 Å². The third kappa shape index (κ3) is 2.64. The first-order valence-corrected chi connectivity index (χ1v) is 5.62. The number of benzene rings is 1. The second kappa shape index (κ2) is 3.95. The Kier molecular flexibility index (Phi) is 3.15. The lowest BCUT2D eigenvalue weighted by Gasteiger charge is -2.11. The monoisotopic (exact) mass is 254 g/mol. The summed E-state index contributed by atoms with van der Waals surface area (Å²) in [5.74, 6) is 0. The molecule has 0 atom stereocenters. The minimum atomic E-state index is -4.61. The first-order chi connectivity index (χ1) is 7.16. The molecular formula is C8H9F3N2O2S. The number of anilines is 1. The average Bonchev–Trinajstić information content (AvgIpc) is 2.14. The zero-order valence-electron chi connectivity index (χ0n) is 8.17. The predicted molar refractivity (Wildman–Crippen MR) is 52.4 cm³/mol. The van der Waals surface area contributed by atoms with E-state index in [9.17, 15) is 21.6 Å². The van der Waals surface area contributed by atoms with Gasteiger partial charge in [-0.1, -0.05) is 0 Å². The summed E-state index contributed by atoms with van der Waals surface area (Å²) in [7, 11) is -2.80. The van der Waals surface area contributed by atoms with E-state index in [-0.39, 0.29) is 5.69 Å². The Bertz CT molecular complexity index is 496. The summed E-state index contributed by atoms with van der Waals surface area (Å²) in [5.41, 5.74) is -1.04. The number of hydrogen-bond donors (Lipinski definition) is 2. The summed E-state index contributed by atoms with van der Waals surface area (Å²) in [4.78, 5) is -0.579. The fourth-order valence-corrected chi connectivity index (χ4v) is 1.91. The highest BCUT2D eigenvalue weighted by molar-refractivity contribution is 7.89. The highest BCUT2D eigenvalue weighted by Gasteiger charge is 2.32. The quantitative estimate of drug-likeness (QED) is 0.837. The van der Waals surface area contributed by atoms with Crippen molar-refractivity contribution in [3.05, 3.63) is 23.8 Å². The minimum Gasteiger partial charge on any atom is -0.387 e. The first kappa shape index (κ1) is 12.8. The van der Waals surface area contributed by atoms with Crippen molar-refractivity contribution < 1.29 is 21.6 Å². The summed E-state index contributed by atoms with van der Waals surface area (Å²) in [6.07, 6.45) is -4.61.